The maximum Gasteiger partial charge on any atom is 0.231 e. The molecule has 0 radical (unpaired) electrons. The summed E-state index contributed by atoms with van der Waals surface area (Å²) in [4.78, 5) is 14.8. The Labute approximate surface area is 129 Å². The van der Waals surface area contributed by atoms with Gasteiger partial charge in [-0.25, -0.2) is 9.97 Å². The van der Waals surface area contributed by atoms with Crippen LogP contribution in [0.3, 0.4) is 0 Å². The molecule has 3 rings (SSSR count). The van der Waals surface area contributed by atoms with E-state index in [1.165, 1.54) is 0 Å². The van der Waals surface area contributed by atoms with Gasteiger partial charge in [0, 0.05) is 31.7 Å². The van der Waals surface area contributed by atoms with Crippen LogP contribution in [0.1, 0.15) is 18.4 Å². The van der Waals surface area contributed by atoms with Crippen LogP contribution in [0.5, 0.6) is 5.88 Å². The van der Waals surface area contributed by atoms with Crippen molar-refractivity contribution >= 4 is 5.82 Å². The summed E-state index contributed by atoms with van der Waals surface area (Å²) < 4.78 is 5.73. The molecule has 0 aromatic carbocycles. The lowest BCUT2D eigenvalue weighted by atomic mass is 9.98. The van der Waals surface area contributed by atoms with E-state index in [4.69, 9.17) is 10.00 Å². The zero-order valence-corrected chi connectivity index (χ0v) is 12.2. The van der Waals surface area contributed by atoms with Crippen molar-refractivity contribution < 1.29 is 4.74 Å². The van der Waals surface area contributed by atoms with Gasteiger partial charge in [-0.05, 0) is 30.9 Å². The van der Waals surface area contributed by atoms with Crippen molar-refractivity contribution in [1.82, 2.24) is 15.0 Å². The summed E-state index contributed by atoms with van der Waals surface area (Å²) in [6.07, 6.45) is 8.91. The van der Waals surface area contributed by atoms with Gasteiger partial charge in [0.05, 0.1) is 12.8 Å². The zero-order valence-electron chi connectivity index (χ0n) is 12.2. The van der Waals surface area contributed by atoms with E-state index >= 15 is 0 Å². The zero-order chi connectivity index (χ0) is 15.2. The van der Waals surface area contributed by atoms with Crippen LogP contribution in [0.25, 0.3) is 0 Å². The molecule has 22 heavy (non-hydrogen) atoms. The van der Waals surface area contributed by atoms with Gasteiger partial charge in [-0.1, -0.05) is 0 Å². The summed E-state index contributed by atoms with van der Waals surface area (Å²) >= 11 is 0. The first-order chi connectivity index (χ1) is 10.9. The molecule has 1 fully saturated rings. The molecule has 112 valence electrons. The molecule has 1 aliphatic rings. The lowest BCUT2D eigenvalue weighted by Gasteiger charge is -2.32. The molecule has 0 atom stereocenters. The van der Waals surface area contributed by atoms with Crippen molar-refractivity contribution in [2.75, 3.05) is 24.6 Å². The summed E-state index contributed by atoms with van der Waals surface area (Å²) in [6.45, 7) is 2.49. The second kappa shape index (κ2) is 6.85. The molecule has 0 bridgehead atoms. The first-order valence-corrected chi connectivity index (χ1v) is 7.35. The molecule has 0 aliphatic carbocycles. The topological polar surface area (TPSA) is 74.9 Å². The van der Waals surface area contributed by atoms with Crippen LogP contribution in [0.2, 0.25) is 0 Å². The van der Waals surface area contributed by atoms with Crippen molar-refractivity contribution in [1.29, 1.82) is 5.26 Å². The fourth-order valence-electron chi connectivity index (χ4n) is 2.57. The molecule has 0 amide bonds. The molecule has 6 heteroatoms. The molecular weight excluding hydrogens is 278 g/mol. The molecule has 6 nitrogen and oxygen atoms in total. The fraction of sp³-hybridized carbons (Fsp3) is 0.375. The van der Waals surface area contributed by atoms with Gasteiger partial charge in [-0.3, -0.25) is 4.98 Å². The molecule has 2 aromatic rings. The third-order valence-electron chi connectivity index (χ3n) is 3.84. The van der Waals surface area contributed by atoms with Gasteiger partial charge in [0.1, 0.15) is 17.5 Å². The minimum atomic E-state index is 0.432. The Balaban J connectivity index is 1.51. The molecule has 2 aromatic heterocycles. The van der Waals surface area contributed by atoms with E-state index in [0.29, 0.717) is 24.0 Å². The number of piperidine rings is 1. The van der Waals surface area contributed by atoms with E-state index in [1.54, 1.807) is 36.9 Å². The predicted octanol–water partition coefficient (Wildman–Crippen LogP) is 2.04. The van der Waals surface area contributed by atoms with Crippen molar-refractivity contribution in [2.45, 2.75) is 12.8 Å². The van der Waals surface area contributed by atoms with Gasteiger partial charge in [0.2, 0.25) is 5.88 Å². The highest BCUT2D eigenvalue weighted by atomic mass is 16.5. The van der Waals surface area contributed by atoms with Crippen LogP contribution in [0, 0.1) is 17.2 Å². The Morgan fingerprint density at radius 2 is 2.09 bits per heavy atom. The average Bonchev–Trinajstić information content (AvgIpc) is 2.61. The SMILES string of the molecule is N#Cc1cccnc1OCC1CCN(c2cnccn2)CC1. The number of rotatable bonds is 4. The average molecular weight is 295 g/mol. The number of nitrogens with zero attached hydrogens (tertiary/aromatic N) is 5. The molecule has 1 aliphatic heterocycles. The minimum Gasteiger partial charge on any atom is -0.476 e. The first kappa shape index (κ1) is 14.3. The molecular formula is C16H17N5O. The third kappa shape index (κ3) is 3.31. The van der Waals surface area contributed by atoms with Gasteiger partial charge >= 0.3 is 0 Å². The minimum absolute atomic E-state index is 0.432. The Hall–Kier alpha value is -2.68. The smallest absolute Gasteiger partial charge is 0.231 e. The van der Waals surface area contributed by atoms with Crippen molar-refractivity contribution in [2.24, 2.45) is 5.92 Å². The lowest BCUT2D eigenvalue weighted by molar-refractivity contribution is 0.215. The van der Waals surface area contributed by atoms with Crippen LogP contribution in [0.4, 0.5) is 5.82 Å². The monoisotopic (exact) mass is 295 g/mol. The van der Waals surface area contributed by atoms with E-state index in [-0.39, 0.29) is 0 Å². The number of ether oxygens (including phenoxy) is 1. The van der Waals surface area contributed by atoms with Gasteiger partial charge in [-0.2, -0.15) is 5.26 Å². The highest BCUT2D eigenvalue weighted by molar-refractivity contribution is 5.37. The Kier molecular flexibility index (Phi) is 4.44. The number of nitriles is 1. The summed E-state index contributed by atoms with van der Waals surface area (Å²) in [5, 5.41) is 9.03. The number of hydrogen-bond donors (Lipinski definition) is 0. The van der Waals surface area contributed by atoms with Crippen molar-refractivity contribution in [3.05, 3.63) is 42.5 Å². The second-order valence-electron chi connectivity index (χ2n) is 5.27. The largest absolute Gasteiger partial charge is 0.476 e. The standard InChI is InChI=1S/C16H17N5O/c17-10-14-2-1-5-20-16(14)22-12-13-3-8-21(9-4-13)15-11-18-6-7-19-15/h1-2,5-7,11,13H,3-4,8-9,12H2. The maximum atomic E-state index is 9.03. The molecule has 0 unspecified atom stereocenters. The predicted molar refractivity (Wildman–Crippen MR) is 81.4 cm³/mol. The van der Waals surface area contributed by atoms with Crippen molar-refractivity contribution in [3.63, 3.8) is 0 Å². The normalized spacial score (nSPS) is 15.3. The van der Waals surface area contributed by atoms with Crippen LogP contribution < -0.4 is 9.64 Å². The van der Waals surface area contributed by atoms with Crippen LogP contribution in [0.15, 0.2) is 36.9 Å². The van der Waals surface area contributed by atoms with E-state index < -0.39 is 0 Å². The molecule has 1 saturated heterocycles. The van der Waals surface area contributed by atoms with Gasteiger partial charge in [0.25, 0.3) is 0 Å². The van der Waals surface area contributed by atoms with Crippen LogP contribution in [-0.4, -0.2) is 34.6 Å². The van der Waals surface area contributed by atoms with Crippen LogP contribution >= 0.6 is 0 Å². The maximum absolute atomic E-state index is 9.03. The van der Waals surface area contributed by atoms with E-state index in [9.17, 15) is 0 Å². The van der Waals surface area contributed by atoms with Gasteiger partial charge in [-0.15, -0.1) is 0 Å². The van der Waals surface area contributed by atoms with Crippen molar-refractivity contribution in [3.8, 4) is 11.9 Å². The summed E-state index contributed by atoms with van der Waals surface area (Å²) in [5.74, 6) is 1.83. The van der Waals surface area contributed by atoms with Crippen LogP contribution in [-0.2, 0) is 0 Å². The molecule has 0 spiro atoms. The Morgan fingerprint density at radius 1 is 1.23 bits per heavy atom. The highest BCUT2D eigenvalue weighted by Crippen LogP contribution is 2.22. The molecule has 3 heterocycles. The number of hydrogen-bond acceptors (Lipinski definition) is 6. The fourth-order valence-corrected chi connectivity index (χ4v) is 2.57. The quantitative estimate of drug-likeness (QED) is 0.859. The number of pyridine rings is 1. The summed E-state index contributed by atoms with van der Waals surface area (Å²) in [5.41, 5.74) is 0.486. The van der Waals surface area contributed by atoms with E-state index in [2.05, 4.69) is 25.9 Å². The van der Waals surface area contributed by atoms with Gasteiger partial charge < -0.3 is 9.64 Å². The molecule has 0 saturated carbocycles. The summed E-state index contributed by atoms with van der Waals surface area (Å²) in [6, 6.07) is 5.56. The van der Waals surface area contributed by atoms with E-state index in [1.807, 2.05) is 0 Å². The third-order valence-corrected chi connectivity index (χ3v) is 3.84. The lowest BCUT2D eigenvalue weighted by Crippen LogP contribution is -2.36. The first-order valence-electron chi connectivity index (χ1n) is 7.35. The Bertz CT molecular complexity index is 647. The highest BCUT2D eigenvalue weighted by Gasteiger charge is 2.21. The van der Waals surface area contributed by atoms with Gasteiger partial charge in [0.15, 0.2) is 0 Å². The van der Waals surface area contributed by atoms with E-state index in [0.717, 1.165) is 31.7 Å². The molecule has 0 N–H and O–H groups in total. The second-order valence-corrected chi connectivity index (χ2v) is 5.27. The number of anilines is 1. The number of aromatic nitrogens is 3. The Morgan fingerprint density at radius 3 is 2.82 bits per heavy atom. The summed E-state index contributed by atoms with van der Waals surface area (Å²) in [7, 11) is 0.